The highest BCUT2D eigenvalue weighted by Crippen LogP contribution is 2.35. The van der Waals surface area contributed by atoms with Crippen LogP contribution in [0.3, 0.4) is 0 Å². The molecule has 2 N–H and O–H groups in total. The monoisotopic (exact) mass is 618 g/mol. The summed E-state index contributed by atoms with van der Waals surface area (Å²) in [6, 6.07) is 22.8. The fourth-order valence-corrected chi connectivity index (χ4v) is 6.67. The summed E-state index contributed by atoms with van der Waals surface area (Å²) in [6.45, 7) is 0. The number of hydrogen-bond acceptors (Lipinski definition) is 7. The molecule has 0 bridgehead atoms. The molecule has 0 aromatic heterocycles. The van der Waals surface area contributed by atoms with Gasteiger partial charge in [-0.3, -0.25) is 4.79 Å². The molecular weight excluding hydrogens is 580 g/mol. The number of phenolic OH excluding ortho intramolecular Hbond substituents is 2. The fraction of sp³-hybridized carbons (Fsp3) is 0.308. The minimum absolute atomic E-state index is 0.0775. The first-order valence-electron chi connectivity index (χ1n) is 16.2. The Balaban J connectivity index is 1.07. The lowest BCUT2D eigenvalue weighted by atomic mass is 9.84. The van der Waals surface area contributed by atoms with Gasteiger partial charge < -0.3 is 19.7 Å². The van der Waals surface area contributed by atoms with Gasteiger partial charge in [-0.05, 0) is 97.2 Å². The fourth-order valence-electron chi connectivity index (χ4n) is 6.67. The molecule has 0 amide bonds. The molecule has 4 aromatic carbocycles. The van der Waals surface area contributed by atoms with Crippen LogP contribution in [0.5, 0.6) is 23.0 Å². The van der Waals surface area contributed by atoms with E-state index in [1.807, 2.05) is 24.3 Å². The minimum atomic E-state index is -0.651. The van der Waals surface area contributed by atoms with E-state index >= 15 is 0 Å². The third-order valence-corrected chi connectivity index (χ3v) is 9.29. The summed E-state index contributed by atoms with van der Waals surface area (Å²) in [5.74, 6) is -1.40. The number of phenols is 2. The second-order valence-electron chi connectivity index (χ2n) is 12.4. The van der Waals surface area contributed by atoms with Gasteiger partial charge in [0.2, 0.25) is 0 Å². The highest BCUT2D eigenvalue weighted by molar-refractivity contribution is 6.12. The van der Waals surface area contributed by atoms with Crippen LogP contribution in [0.15, 0.2) is 84.9 Å². The van der Waals surface area contributed by atoms with Gasteiger partial charge in [0.25, 0.3) is 0 Å². The molecule has 0 saturated heterocycles. The second kappa shape index (κ2) is 14.0. The van der Waals surface area contributed by atoms with Crippen molar-refractivity contribution in [2.45, 2.75) is 76.0 Å². The summed E-state index contributed by atoms with van der Waals surface area (Å²) < 4.78 is 10.9. The molecule has 46 heavy (non-hydrogen) atoms. The largest absolute Gasteiger partial charge is 0.507 e. The van der Waals surface area contributed by atoms with Gasteiger partial charge in [0, 0.05) is 12.1 Å². The summed E-state index contributed by atoms with van der Waals surface area (Å²) in [4.78, 5) is 38.7. The van der Waals surface area contributed by atoms with Crippen molar-refractivity contribution in [3.05, 3.63) is 118 Å². The lowest BCUT2D eigenvalue weighted by Gasteiger charge is -2.22. The first-order chi connectivity index (χ1) is 22.4. The highest BCUT2D eigenvalue weighted by Gasteiger charge is 2.21. The second-order valence-corrected chi connectivity index (χ2v) is 12.4. The Bertz CT molecular complexity index is 1580. The molecule has 2 aliphatic carbocycles. The molecule has 0 radical (unpaired) electrons. The van der Waals surface area contributed by atoms with Crippen molar-refractivity contribution in [1.82, 2.24) is 0 Å². The molecule has 4 aromatic rings. The number of rotatable bonds is 8. The van der Waals surface area contributed by atoms with E-state index < -0.39 is 29.2 Å². The third kappa shape index (κ3) is 7.15. The Morgan fingerprint density at radius 3 is 1.22 bits per heavy atom. The molecule has 2 aliphatic rings. The quantitative estimate of drug-likeness (QED) is 0.115. The maximum Gasteiger partial charge on any atom is 0.343 e. The molecule has 6 rings (SSSR count). The molecule has 0 unspecified atom stereocenters. The smallest absolute Gasteiger partial charge is 0.343 e. The Labute approximate surface area is 268 Å². The van der Waals surface area contributed by atoms with Crippen LogP contribution in [0.1, 0.15) is 124 Å². The number of carbonyl (C=O) groups excluding carboxylic acids is 3. The zero-order valence-electron chi connectivity index (χ0n) is 25.7. The van der Waals surface area contributed by atoms with E-state index in [0.717, 1.165) is 0 Å². The van der Waals surface area contributed by atoms with Gasteiger partial charge in [-0.1, -0.05) is 62.8 Å². The van der Waals surface area contributed by atoms with Crippen molar-refractivity contribution in [1.29, 1.82) is 0 Å². The van der Waals surface area contributed by atoms with Gasteiger partial charge in [0.1, 0.15) is 23.0 Å². The van der Waals surface area contributed by atoms with E-state index in [1.54, 1.807) is 24.3 Å². The molecule has 2 saturated carbocycles. The third-order valence-electron chi connectivity index (χ3n) is 9.29. The van der Waals surface area contributed by atoms with Gasteiger partial charge in [-0.25, -0.2) is 9.59 Å². The molecule has 7 nitrogen and oxygen atoms in total. The zero-order valence-corrected chi connectivity index (χ0v) is 25.7. The van der Waals surface area contributed by atoms with Crippen molar-refractivity contribution in [3.8, 4) is 23.0 Å². The van der Waals surface area contributed by atoms with Crippen molar-refractivity contribution >= 4 is 17.7 Å². The lowest BCUT2D eigenvalue weighted by Crippen LogP contribution is -2.10. The average Bonchev–Trinajstić information content (AvgIpc) is 3.09. The number of ketones is 1. The van der Waals surface area contributed by atoms with Crippen molar-refractivity contribution in [3.63, 3.8) is 0 Å². The first-order valence-corrected chi connectivity index (χ1v) is 16.2. The highest BCUT2D eigenvalue weighted by atomic mass is 16.5. The number of ether oxygens (including phenoxy) is 2. The molecular formula is C39H38O7. The maximum atomic E-state index is 13.2. The summed E-state index contributed by atoms with van der Waals surface area (Å²) in [6.07, 6.45) is 12.1. The van der Waals surface area contributed by atoms with E-state index in [4.69, 9.17) is 9.47 Å². The van der Waals surface area contributed by atoms with E-state index in [9.17, 15) is 24.6 Å². The molecule has 7 heteroatoms. The van der Waals surface area contributed by atoms with Crippen LogP contribution >= 0.6 is 0 Å². The Kier molecular flexibility index (Phi) is 9.48. The number of carbonyl (C=O) groups is 3. The predicted octanol–water partition coefficient (Wildman–Crippen LogP) is 8.86. The molecule has 0 spiro atoms. The summed E-state index contributed by atoms with van der Waals surface area (Å²) >= 11 is 0. The Morgan fingerprint density at radius 2 is 0.870 bits per heavy atom. The van der Waals surface area contributed by atoms with E-state index in [-0.39, 0.29) is 22.6 Å². The standard InChI is InChI=1S/C39H38O7/c40-35-23-31(45-38(43)29-15-11-27(12-16-29)25-7-3-1-4-8-25)19-21-33(35)37(42)34-22-20-32(24-36(34)41)46-39(44)30-17-13-28(14-18-30)26-9-5-2-6-10-26/h11-26,40-41H,1-10H2. The van der Waals surface area contributed by atoms with Crippen LogP contribution in [0.4, 0.5) is 0 Å². The van der Waals surface area contributed by atoms with Crippen LogP contribution in [0.25, 0.3) is 0 Å². The summed E-state index contributed by atoms with van der Waals surface area (Å²) in [7, 11) is 0. The minimum Gasteiger partial charge on any atom is -0.507 e. The molecule has 0 heterocycles. The summed E-state index contributed by atoms with van der Waals surface area (Å²) in [5.41, 5.74) is 3.06. The molecule has 0 atom stereocenters. The molecule has 236 valence electrons. The number of aromatic hydroxyl groups is 2. The average molecular weight is 619 g/mol. The van der Waals surface area contributed by atoms with Gasteiger partial charge >= 0.3 is 11.9 Å². The van der Waals surface area contributed by atoms with Crippen LogP contribution in [0.2, 0.25) is 0 Å². The van der Waals surface area contributed by atoms with E-state index in [2.05, 4.69) is 0 Å². The van der Waals surface area contributed by atoms with Crippen LogP contribution in [-0.2, 0) is 0 Å². The van der Waals surface area contributed by atoms with Gasteiger partial charge in [-0.2, -0.15) is 0 Å². The van der Waals surface area contributed by atoms with E-state index in [1.165, 1.54) is 112 Å². The van der Waals surface area contributed by atoms with Crippen LogP contribution in [-0.4, -0.2) is 27.9 Å². The lowest BCUT2D eigenvalue weighted by molar-refractivity contribution is 0.0724. The van der Waals surface area contributed by atoms with Crippen molar-refractivity contribution in [2.75, 3.05) is 0 Å². The SMILES string of the molecule is O=C(Oc1ccc(C(=O)c2ccc(OC(=O)c3ccc(C4CCCCC4)cc3)cc2O)c(O)c1)c1ccc(C2CCCCC2)cc1. The van der Waals surface area contributed by atoms with Gasteiger partial charge in [0.15, 0.2) is 5.78 Å². The van der Waals surface area contributed by atoms with Crippen molar-refractivity contribution < 1.29 is 34.1 Å². The van der Waals surface area contributed by atoms with Crippen LogP contribution in [0, 0.1) is 0 Å². The van der Waals surface area contributed by atoms with Crippen LogP contribution < -0.4 is 9.47 Å². The number of hydrogen-bond donors (Lipinski definition) is 2. The summed E-state index contributed by atoms with van der Waals surface area (Å²) in [5, 5.41) is 21.2. The van der Waals surface area contributed by atoms with E-state index in [0.29, 0.717) is 23.0 Å². The Morgan fingerprint density at radius 1 is 0.500 bits per heavy atom. The zero-order chi connectivity index (χ0) is 32.0. The maximum absolute atomic E-state index is 13.2. The van der Waals surface area contributed by atoms with Gasteiger partial charge in [-0.15, -0.1) is 0 Å². The molecule has 0 aliphatic heterocycles. The van der Waals surface area contributed by atoms with Gasteiger partial charge in [0.05, 0.1) is 22.3 Å². The normalized spacial score (nSPS) is 15.7. The Hall–Kier alpha value is -4.91. The predicted molar refractivity (Wildman–Crippen MR) is 174 cm³/mol. The topological polar surface area (TPSA) is 110 Å². The number of benzene rings is 4. The molecule has 2 fully saturated rings. The number of esters is 2. The van der Waals surface area contributed by atoms with Crippen molar-refractivity contribution in [2.24, 2.45) is 0 Å². The first kappa shape index (κ1) is 31.1.